The van der Waals surface area contributed by atoms with Crippen molar-refractivity contribution in [3.63, 3.8) is 0 Å². The van der Waals surface area contributed by atoms with Crippen LogP contribution in [-0.2, 0) is 4.79 Å². The van der Waals surface area contributed by atoms with E-state index in [-0.39, 0.29) is 5.91 Å². The maximum absolute atomic E-state index is 13.3. The second-order valence-electron chi connectivity index (χ2n) is 6.96. The molecule has 0 unspecified atom stereocenters. The molecule has 1 aliphatic rings. The first kappa shape index (κ1) is 20.7. The third-order valence-electron chi connectivity index (χ3n) is 4.65. The van der Waals surface area contributed by atoms with Crippen molar-refractivity contribution in [3.05, 3.63) is 98.4 Å². The van der Waals surface area contributed by atoms with Crippen molar-refractivity contribution < 1.29 is 4.79 Å². The Hall–Kier alpha value is -2.53. The van der Waals surface area contributed by atoms with Gasteiger partial charge in [0.15, 0.2) is 5.17 Å². The molecule has 1 amide bonds. The molecule has 0 atom stereocenters. The van der Waals surface area contributed by atoms with Crippen LogP contribution in [0.1, 0.15) is 16.7 Å². The molecule has 6 heteroatoms. The smallest absolute Gasteiger partial charge is 0.268 e. The van der Waals surface area contributed by atoms with Crippen LogP contribution in [0.25, 0.3) is 6.08 Å². The van der Waals surface area contributed by atoms with E-state index in [0.29, 0.717) is 25.8 Å². The summed E-state index contributed by atoms with van der Waals surface area (Å²) in [5, 5.41) is 1.83. The number of benzene rings is 3. The monoisotopic (exact) mass is 452 g/mol. The molecule has 1 fully saturated rings. The number of anilines is 1. The quantitative estimate of drug-likeness (QED) is 0.387. The summed E-state index contributed by atoms with van der Waals surface area (Å²) in [5.74, 6) is -0.116. The van der Waals surface area contributed by atoms with Gasteiger partial charge in [-0.1, -0.05) is 47.0 Å². The standard InChI is InChI=1S/C24H18Cl2N2OS/c1-15-3-4-17(16(2)13-15)14-22-23(29)28(21-11-7-19(26)8-12-21)24(30-22)27-20-9-5-18(25)6-10-20/h3-14H,1-2H3/b22-14+,27-24?. The SMILES string of the molecule is Cc1ccc(/C=C2/SC(=Nc3ccc(Cl)cc3)N(c3ccc(Cl)cc3)C2=O)c(C)c1. The van der Waals surface area contributed by atoms with Crippen LogP contribution in [0.5, 0.6) is 0 Å². The molecule has 150 valence electrons. The Bertz CT molecular complexity index is 1170. The van der Waals surface area contributed by atoms with E-state index in [0.717, 1.165) is 16.8 Å². The first-order valence-electron chi connectivity index (χ1n) is 9.32. The summed E-state index contributed by atoms with van der Waals surface area (Å²) in [5.41, 5.74) is 4.76. The minimum atomic E-state index is -0.116. The average molecular weight is 453 g/mol. The van der Waals surface area contributed by atoms with Crippen LogP contribution in [0.2, 0.25) is 10.0 Å². The summed E-state index contributed by atoms with van der Waals surface area (Å²) < 4.78 is 0. The van der Waals surface area contributed by atoms with Crippen molar-refractivity contribution >= 4 is 63.5 Å². The van der Waals surface area contributed by atoms with Gasteiger partial charge in [0, 0.05) is 10.0 Å². The van der Waals surface area contributed by atoms with Gasteiger partial charge in [0.25, 0.3) is 5.91 Å². The first-order valence-corrected chi connectivity index (χ1v) is 10.9. The molecule has 1 aliphatic heterocycles. The van der Waals surface area contributed by atoms with E-state index in [4.69, 9.17) is 28.2 Å². The number of halogens is 2. The van der Waals surface area contributed by atoms with Gasteiger partial charge >= 0.3 is 0 Å². The zero-order valence-corrected chi connectivity index (χ0v) is 18.7. The summed E-state index contributed by atoms with van der Waals surface area (Å²) in [4.78, 5) is 20.3. The number of hydrogen-bond donors (Lipinski definition) is 0. The van der Waals surface area contributed by atoms with Gasteiger partial charge in [0.05, 0.1) is 16.3 Å². The van der Waals surface area contributed by atoms with Gasteiger partial charge in [-0.2, -0.15) is 0 Å². The largest absolute Gasteiger partial charge is 0.271 e. The highest BCUT2D eigenvalue weighted by atomic mass is 35.5. The molecule has 4 rings (SSSR count). The van der Waals surface area contributed by atoms with E-state index in [1.165, 1.54) is 17.3 Å². The van der Waals surface area contributed by atoms with Gasteiger partial charge in [0.1, 0.15) is 0 Å². The van der Waals surface area contributed by atoms with E-state index in [2.05, 4.69) is 13.0 Å². The van der Waals surface area contributed by atoms with Crippen molar-refractivity contribution in [1.82, 2.24) is 0 Å². The van der Waals surface area contributed by atoms with Crippen LogP contribution >= 0.6 is 35.0 Å². The molecule has 0 radical (unpaired) electrons. The lowest BCUT2D eigenvalue weighted by molar-refractivity contribution is -0.113. The average Bonchev–Trinajstić information content (AvgIpc) is 3.01. The minimum absolute atomic E-state index is 0.116. The fourth-order valence-electron chi connectivity index (χ4n) is 3.12. The molecule has 0 bridgehead atoms. The number of aryl methyl sites for hydroxylation is 2. The highest BCUT2D eigenvalue weighted by molar-refractivity contribution is 8.19. The zero-order chi connectivity index (χ0) is 21.3. The number of rotatable bonds is 3. The summed E-state index contributed by atoms with van der Waals surface area (Å²) >= 11 is 13.4. The van der Waals surface area contributed by atoms with Crippen LogP contribution in [0.4, 0.5) is 11.4 Å². The molecule has 0 N–H and O–H groups in total. The third kappa shape index (κ3) is 4.46. The van der Waals surface area contributed by atoms with Crippen LogP contribution in [-0.4, -0.2) is 11.1 Å². The molecule has 1 saturated heterocycles. The number of amidine groups is 1. The minimum Gasteiger partial charge on any atom is -0.268 e. The summed E-state index contributed by atoms with van der Waals surface area (Å²) in [6.07, 6.45) is 1.93. The molecule has 30 heavy (non-hydrogen) atoms. The van der Waals surface area contributed by atoms with E-state index < -0.39 is 0 Å². The van der Waals surface area contributed by atoms with Crippen molar-refractivity contribution in [2.45, 2.75) is 13.8 Å². The normalized spacial score (nSPS) is 16.7. The predicted molar refractivity (Wildman–Crippen MR) is 129 cm³/mol. The summed E-state index contributed by atoms with van der Waals surface area (Å²) in [6.45, 7) is 4.10. The highest BCUT2D eigenvalue weighted by Gasteiger charge is 2.34. The van der Waals surface area contributed by atoms with Crippen LogP contribution in [0.15, 0.2) is 76.6 Å². The maximum Gasteiger partial charge on any atom is 0.271 e. The lowest BCUT2D eigenvalue weighted by Crippen LogP contribution is -2.28. The van der Waals surface area contributed by atoms with Gasteiger partial charge in [0.2, 0.25) is 0 Å². The molecule has 0 aliphatic carbocycles. The number of amides is 1. The number of nitrogens with zero attached hydrogens (tertiary/aromatic N) is 2. The number of aliphatic imine (C=N–C) groups is 1. The highest BCUT2D eigenvalue weighted by Crippen LogP contribution is 2.38. The van der Waals surface area contributed by atoms with E-state index >= 15 is 0 Å². The Morgan fingerprint density at radius 1 is 0.900 bits per heavy atom. The molecule has 3 aromatic rings. The fourth-order valence-corrected chi connectivity index (χ4v) is 4.37. The molecule has 0 saturated carbocycles. The van der Waals surface area contributed by atoms with Crippen LogP contribution < -0.4 is 4.90 Å². The van der Waals surface area contributed by atoms with Crippen LogP contribution in [0.3, 0.4) is 0 Å². The molecule has 0 spiro atoms. The van der Waals surface area contributed by atoms with Crippen molar-refractivity contribution in [1.29, 1.82) is 0 Å². The summed E-state index contributed by atoms with van der Waals surface area (Å²) in [7, 11) is 0. The van der Waals surface area contributed by atoms with E-state index in [9.17, 15) is 4.79 Å². The number of thioether (sulfide) groups is 1. The van der Waals surface area contributed by atoms with Gasteiger partial charge < -0.3 is 0 Å². The number of carbonyl (C=O) groups excluding carboxylic acids is 1. The molecule has 1 heterocycles. The van der Waals surface area contributed by atoms with Crippen molar-refractivity contribution in [2.75, 3.05) is 4.90 Å². The molecule has 0 aromatic heterocycles. The molecular weight excluding hydrogens is 435 g/mol. The summed E-state index contributed by atoms with van der Waals surface area (Å²) in [6, 6.07) is 20.6. The Balaban J connectivity index is 1.78. The molecule has 3 nitrogen and oxygen atoms in total. The Labute approximate surface area is 190 Å². The lowest BCUT2D eigenvalue weighted by atomic mass is 10.1. The Morgan fingerprint density at radius 3 is 2.17 bits per heavy atom. The van der Waals surface area contributed by atoms with Crippen LogP contribution in [0, 0.1) is 13.8 Å². The first-order chi connectivity index (χ1) is 14.4. The Kier molecular flexibility index (Phi) is 6.00. The van der Waals surface area contributed by atoms with E-state index in [1.54, 1.807) is 29.2 Å². The predicted octanol–water partition coefficient (Wildman–Crippen LogP) is 7.42. The van der Waals surface area contributed by atoms with Crippen molar-refractivity contribution in [3.8, 4) is 0 Å². The molecule has 3 aromatic carbocycles. The lowest BCUT2D eigenvalue weighted by Gasteiger charge is -2.15. The van der Waals surface area contributed by atoms with E-state index in [1.807, 2.05) is 49.4 Å². The maximum atomic E-state index is 13.3. The fraction of sp³-hybridized carbons (Fsp3) is 0.0833. The Morgan fingerprint density at radius 2 is 1.53 bits per heavy atom. The topological polar surface area (TPSA) is 32.7 Å². The number of carbonyl (C=O) groups is 1. The second kappa shape index (κ2) is 8.68. The molecular formula is C24H18Cl2N2OS. The third-order valence-corrected chi connectivity index (χ3v) is 6.13. The van der Waals surface area contributed by atoms with Gasteiger partial charge in [-0.05, 0) is 91.3 Å². The zero-order valence-electron chi connectivity index (χ0n) is 16.4. The second-order valence-corrected chi connectivity index (χ2v) is 8.84. The number of hydrogen-bond acceptors (Lipinski definition) is 3. The van der Waals surface area contributed by atoms with Gasteiger partial charge in [-0.3, -0.25) is 9.69 Å². The van der Waals surface area contributed by atoms with Crippen molar-refractivity contribution in [2.24, 2.45) is 4.99 Å². The van der Waals surface area contributed by atoms with Gasteiger partial charge in [-0.25, -0.2) is 4.99 Å². The van der Waals surface area contributed by atoms with Gasteiger partial charge in [-0.15, -0.1) is 0 Å².